The molecule has 10 heteroatoms. The van der Waals surface area contributed by atoms with Crippen molar-refractivity contribution in [1.82, 2.24) is 14.6 Å². The molecule has 3 unspecified atom stereocenters. The van der Waals surface area contributed by atoms with Crippen molar-refractivity contribution in [3.63, 3.8) is 0 Å². The zero-order valence-corrected chi connectivity index (χ0v) is 19.2. The molecule has 1 aliphatic rings. The second-order valence-corrected chi connectivity index (χ2v) is 6.64. The number of aromatic nitrogens is 3. The Bertz CT molecular complexity index is 1040. The number of fused-ring (bicyclic) bond motifs is 1. The number of nitrogens with two attached hydrogens (primary N) is 1. The average Bonchev–Trinajstić information content (AvgIpc) is 3.45. The van der Waals surface area contributed by atoms with Crippen LogP contribution in [0.25, 0.3) is 5.52 Å². The van der Waals surface area contributed by atoms with Crippen LogP contribution in [0.2, 0.25) is 0 Å². The summed E-state index contributed by atoms with van der Waals surface area (Å²) in [6.07, 6.45) is 2.40. The maximum absolute atomic E-state index is 12.9. The molecule has 2 aromatic heterocycles. The normalized spacial score (nSPS) is 18.4. The molecule has 1 aliphatic heterocycles. The number of aliphatic hydroxyl groups is 1. The highest BCUT2D eigenvalue weighted by atomic mass is 19.1. The highest BCUT2D eigenvalue weighted by Crippen LogP contribution is 2.19. The summed E-state index contributed by atoms with van der Waals surface area (Å²) in [6.45, 7) is 6.12. The zero-order chi connectivity index (χ0) is 24.8. The number of benzene rings is 1. The van der Waals surface area contributed by atoms with Gasteiger partial charge in [-0.15, -0.1) is 0 Å². The Morgan fingerprint density at radius 3 is 2.58 bits per heavy atom. The van der Waals surface area contributed by atoms with Crippen molar-refractivity contribution in [1.29, 1.82) is 5.26 Å². The maximum atomic E-state index is 12.9. The Balaban J connectivity index is 0.000000240. The van der Waals surface area contributed by atoms with E-state index >= 15 is 0 Å². The number of carbonyl (C=O) groups excluding carboxylic acids is 1. The lowest BCUT2D eigenvalue weighted by molar-refractivity contribution is -0.139. The van der Waals surface area contributed by atoms with Gasteiger partial charge in [0.05, 0.1) is 32.3 Å². The van der Waals surface area contributed by atoms with E-state index in [-0.39, 0.29) is 18.2 Å². The lowest BCUT2D eigenvalue weighted by Crippen LogP contribution is -2.18. The molecule has 3 N–H and O–H groups in total. The maximum Gasteiger partial charge on any atom is 0.310 e. The largest absolute Gasteiger partial charge is 0.469 e. The van der Waals surface area contributed by atoms with E-state index < -0.39 is 18.2 Å². The minimum atomic E-state index is -0.449. The summed E-state index contributed by atoms with van der Waals surface area (Å²) in [7, 11) is 1.28. The average molecular weight is 460 g/mol. The summed E-state index contributed by atoms with van der Waals surface area (Å²) in [5.41, 5.74) is 6.74. The van der Waals surface area contributed by atoms with E-state index in [9.17, 15) is 9.18 Å². The Kier molecular flexibility index (Phi) is 12.1. The fourth-order valence-electron chi connectivity index (χ4n) is 2.62. The topological polar surface area (TPSA) is 136 Å². The molecule has 0 saturated carbocycles. The quantitative estimate of drug-likeness (QED) is 0.559. The van der Waals surface area contributed by atoms with Gasteiger partial charge in [-0.25, -0.2) is 13.9 Å². The fourth-order valence-corrected chi connectivity index (χ4v) is 2.62. The number of nitrogen functional groups attached to an aromatic ring is 1. The number of carbonyl (C=O) groups is 1. The molecule has 3 heterocycles. The molecule has 0 amide bonds. The molecule has 0 spiro atoms. The van der Waals surface area contributed by atoms with Crippen LogP contribution in [0.15, 0.2) is 48.9 Å². The number of anilines is 1. The fraction of sp³-hybridized carbons (Fsp3) is 0.391. The molecule has 1 aromatic carbocycles. The Labute approximate surface area is 192 Å². The number of rotatable bonds is 2. The van der Waals surface area contributed by atoms with Crippen LogP contribution in [0, 0.1) is 23.1 Å². The van der Waals surface area contributed by atoms with Crippen LogP contribution in [0.1, 0.15) is 26.3 Å². The summed E-state index contributed by atoms with van der Waals surface area (Å²) in [5.74, 6) is -0.321. The molecule has 0 bridgehead atoms. The first-order valence-electron chi connectivity index (χ1n) is 10.4. The molecule has 1 fully saturated rings. The molecule has 178 valence electrons. The van der Waals surface area contributed by atoms with Crippen LogP contribution in [0.5, 0.6) is 0 Å². The van der Waals surface area contributed by atoms with Crippen molar-refractivity contribution in [3.05, 3.63) is 60.3 Å². The van der Waals surface area contributed by atoms with Gasteiger partial charge in [-0.3, -0.25) is 4.79 Å². The molecule has 3 aromatic rings. The summed E-state index contributed by atoms with van der Waals surface area (Å²) >= 11 is 0. The molecule has 0 radical (unpaired) electrons. The molecule has 3 atom stereocenters. The van der Waals surface area contributed by atoms with Crippen molar-refractivity contribution in [2.45, 2.75) is 39.4 Å². The van der Waals surface area contributed by atoms with Crippen LogP contribution < -0.4 is 5.73 Å². The third-order valence-electron chi connectivity index (χ3n) is 4.54. The zero-order valence-electron chi connectivity index (χ0n) is 19.2. The van der Waals surface area contributed by atoms with Gasteiger partial charge in [0.2, 0.25) is 0 Å². The second kappa shape index (κ2) is 14.5. The molecule has 1 saturated heterocycles. The Hall–Kier alpha value is -3.55. The number of methoxy groups -OCH3 is 1. The van der Waals surface area contributed by atoms with Crippen LogP contribution in [0.4, 0.5) is 10.2 Å². The number of ether oxygens (including phenoxy) is 2. The third kappa shape index (κ3) is 8.48. The standard InChI is InChI=1S/C9H9FO2.C6H6N4.C6H9NO2.C2H6/c1-12-9(11)6-7-4-2-3-5-8(7)10;7-6-5-2-1-3-10(5)9-4-8-6;1-4-5(8)3-9-6(4)2-7;1-2/h2-5H,6H2,1H3;1-4H,(H2,7,8,9);4-6,8H,3H2,1H3;1-2H3. The number of hydrogen-bond donors (Lipinski definition) is 2. The van der Waals surface area contributed by atoms with E-state index in [2.05, 4.69) is 14.8 Å². The van der Waals surface area contributed by atoms with Gasteiger partial charge in [0.1, 0.15) is 23.8 Å². The SMILES string of the molecule is CC.CC1C(O)COC1C#N.COC(=O)Cc1ccccc1F.Nc1ncnn2cccc12. The van der Waals surface area contributed by atoms with Gasteiger partial charge in [0.15, 0.2) is 5.82 Å². The van der Waals surface area contributed by atoms with Gasteiger partial charge in [0, 0.05) is 12.1 Å². The molecule has 4 rings (SSSR count). The summed E-state index contributed by atoms with van der Waals surface area (Å²) < 4.78 is 23.9. The van der Waals surface area contributed by atoms with Crippen LogP contribution in [0.3, 0.4) is 0 Å². The Morgan fingerprint density at radius 1 is 1.36 bits per heavy atom. The molecule has 9 nitrogen and oxygen atoms in total. The number of esters is 1. The first-order chi connectivity index (χ1) is 15.9. The molecular weight excluding hydrogens is 429 g/mol. The van der Waals surface area contributed by atoms with Gasteiger partial charge in [0.25, 0.3) is 0 Å². The van der Waals surface area contributed by atoms with E-state index in [1.165, 1.54) is 19.5 Å². The predicted octanol–water partition coefficient (Wildman–Crippen LogP) is 2.78. The molecule has 33 heavy (non-hydrogen) atoms. The van der Waals surface area contributed by atoms with Gasteiger partial charge in [-0.1, -0.05) is 39.0 Å². The first-order valence-corrected chi connectivity index (χ1v) is 10.4. The lowest BCUT2D eigenvalue weighted by atomic mass is 10.0. The summed E-state index contributed by atoms with van der Waals surface area (Å²) in [4.78, 5) is 14.6. The lowest BCUT2D eigenvalue weighted by Gasteiger charge is -2.05. The predicted molar refractivity (Wildman–Crippen MR) is 121 cm³/mol. The number of nitrogens with zero attached hydrogens (tertiary/aromatic N) is 4. The van der Waals surface area contributed by atoms with E-state index in [0.29, 0.717) is 18.0 Å². The molecular formula is C23H30FN5O4. The van der Waals surface area contributed by atoms with Gasteiger partial charge < -0.3 is 20.3 Å². The van der Waals surface area contributed by atoms with Crippen molar-refractivity contribution in [2.24, 2.45) is 5.92 Å². The van der Waals surface area contributed by atoms with E-state index in [1.54, 1.807) is 22.7 Å². The van der Waals surface area contributed by atoms with Gasteiger partial charge in [-0.05, 0) is 23.8 Å². The van der Waals surface area contributed by atoms with Crippen LogP contribution in [-0.2, 0) is 20.7 Å². The van der Waals surface area contributed by atoms with E-state index in [1.807, 2.05) is 45.2 Å². The van der Waals surface area contributed by atoms with Crippen molar-refractivity contribution in [3.8, 4) is 6.07 Å². The third-order valence-corrected chi connectivity index (χ3v) is 4.54. The van der Waals surface area contributed by atoms with Crippen LogP contribution in [-0.4, -0.2) is 51.6 Å². The second-order valence-electron chi connectivity index (χ2n) is 6.64. The first kappa shape index (κ1) is 27.5. The highest BCUT2D eigenvalue weighted by Gasteiger charge is 2.31. The number of nitriles is 1. The van der Waals surface area contributed by atoms with Crippen molar-refractivity contribution >= 4 is 17.3 Å². The van der Waals surface area contributed by atoms with Crippen molar-refractivity contribution < 1.29 is 23.8 Å². The minimum absolute atomic E-state index is 0.0107. The smallest absolute Gasteiger partial charge is 0.310 e. The van der Waals surface area contributed by atoms with E-state index in [4.69, 9.17) is 20.8 Å². The van der Waals surface area contributed by atoms with Crippen LogP contribution >= 0.6 is 0 Å². The number of halogens is 1. The minimum Gasteiger partial charge on any atom is -0.469 e. The summed E-state index contributed by atoms with van der Waals surface area (Å²) in [6, 6.07) is 11.8. The van der Waals surface area contributed by atoms with Crippen molar-refractivity contribution in [2.75, 3.05) is 19.5 Å². The Morgan fingerprint density at radius 2 is 2.06 bits per heavy atom. The van der Waals surface area contributed by atoms with E-state index in [0.717, 1.165) is 5.52 Å². The number of hydrogen-bond acceptors (Lipinski definition) is 8. The molecule has 0 aliphatic carbocycles. The summed E-state index contributed by atoms with van der Waals surface area (Å²) in [5, 5.41) is 21.3. The number of aliphatic hydroxyl groups excluding tert-OH is 1. The van der Waals surface area contributed by atoms with Gasteiger partial charge in [-0.2, -0.15) is 10.4 Å². The van der Waals surface area contributed by atoms with Gasteiger partial charge >= 0.3 is 5.97 Å². The highest BCUT2D eigenvalue weighted by molar-refractivity contribution is 5.72. The monoisotopic (exact) mass is 459 g/mol.